The van der Waals surface area contributed by atoms with E-state index in [1.54, 1.807) is 48.7 Å². The van der Waals surface area contributed by atoms with E-state index in [1.807, 2.05) is 12.1 Å². The number of fused-ring (bicyclic) bond motifs is 1. The second-order valence-electron chi connectivity index (χ2n) is 5.54. The average molecular weight is 355 g/mol. The maximum Gasteiger partial charge on any atom is 0.326 e. The molecule has 1 atom stereocenters. The van der Waals surface area contributed by atoms with E-state index in [9.17, 15) is 14.7 Å². The Balaban J connectivity index is 1.86. The highest BCUT2D eigenvalue weighted by atomic mass is 35.5. The predicted molar refractivity (Wildman–Crippen MR) is 95.8 cm³/mol. The van der Waals surface area contributed by atoms with Gasteiger partial charge in [-0.25, -0.2) is 4.79 Å². The van der Waals surface area contributed by atoms with Crippen molar-refractivity contribution < 1.29 is 14.7 Å². The van der Waals surface area contributed by atoms with Crippen LogP contribution in [-0.4, -0.2) is 28.0 Å². The Hall–Kier alpha value is -2.92. The van der Waals surface area contributed by atoms with Gasteiger partial charge in [0.15, 0.2) is 0 Å². The molecule has 0 radical (unpaired) electrons. The van der Waals surface area contributed by atoms with Crippen LogP contribution >= 0.6 is 11.6 Å². The summed E-state index contributed by atoms with van der Waals surface area (Å²) in [5.41, 5.74) is 1.53. The number of hydrogen-bond donors (Lipinski definition) is 2. The molecule has 126 valence electrons. The molecule has 0 aliphatic carbocycles. The molecule has 1 amide bonds. The molecule has 0 aliphatic heterocycles. The van der Waals surface area contributed by atoms with Gasteiger partial charge in [-0.05, 0) is 23.8 Å². The zero-order valence-corrected chi connectivity index (χ0v) is 13.9. The lowest BCUT2D eigenvalue weighted by Gasteiger charge is -2.16. The van der Waals surface area contributed by atoms with Gasteiger partial charge in [-0.15, -0.1) is 0 Å². The maximum atomic E-state index is 12.6. The zero-order chi connectivity index (χ0) is 17.8. The van der Waals surface area contributed by atoms with Gasteiger partial charge in [0.25, 0.3) is 5.91 Å². The molecule has 0 aliphatic rings. The summed E-state index contributed by atoms with van der Waals surface area (Å²) in [6, 6.07) is 14.7. The van der Waals surface area contributed by atoms with E-state index in [0.29, 0.717) is 21.7 Å². The number of aliphatic carboxylic acids is 1. The molecule has 1 heterocycles. The number of benzene rings is 2. The van der Waals surface area contributed by atoms with Crippen molar-refractivity contribution in [2.75, 3.05) is 0 Å². The smallest absolute Gasteiger partial charge is 0.326 e. The lowest BCUT2D eigenvalue weighted by molar-refractivity contribution is -0.139. The van der Waals surface area contributed by atoms with Crippen LogP contribution in [0.5, 0.6) is 0 Å². The first-order valence-electron chi connectivity index (χ1n) is 7.67. The third kappa shape index (κ3) is 3.78. The van der Waals surface area contributed by atoms with Gasteiger partial charge in [0.2, 0.25) is 0 Å². The zero-order valence-electron chi connectivity index (χ0n) is 13.1. The Morgan fingerprint density at radius 3 is 2.60 bits per heavy atom. The SMILES string of the molecule is O=C(N[C@H](Cc1ccccc1Cl)C(=O)O)c1cccc2cccnc12. The molecule has 0 saturated heterocycles. The number of nitrogens with one attached hydrogen (secondary N) is 1. The molecule has 1 aromatic heterocycles. The Labute approximate surface area is 149 Å². The molecule has 0 spiro atoms. The number of amides is 1. The minimum absolute atomic E-state index is 0.0962. The third-order valence-electron chi connectivity index (χ3n) is 3.86. The predicted octanol–water partition coefficient (Wildman–Crippen LogP) is 3.31. The number of pyridine rings is 1. The number of carbonyl (C=O) groups excluding carboxylic acids is 1. The van der Waals surface area contributed by atoms with Crippen molar-refractivity contribution >= 4 is 34.4 Å². The van der Waals surface area contributed by atoms with Gasteiger partial charge in [-0.3, -0.25) is 9.78 Å². The van der Waals surface area contributed by atoms with Crippen molar-refractivity contribution in [1.82, 2.24) is 10.3 Å². The van der Waals surface area contributed by atoms with Crippen LogP contribution in [0.2, 0.25) is 5.02 Å². The van der Waals surface area contributed by atoms with Crippen LogP contribution in [0.15, 0.2) is 60.8 Å². The van der Waals surface area contributed by atoms with Gasteiger partial charge in [0.05, 0.1) is 11.1 Å². The second-order valence-corrected chi connectivity index (χ2v) is 5.95. The van der Waals surface area contributed by atoms with E-state index >= 15 is 0 Å². The molecule has 2 aromatic carbocycles. The van der Waals surface area contributed by atoms with Crippen molar-refractivity contribution in [2.24, 2.45) is 0 Å². The van der Waals surface area contributed by atoms with Gasteiger partial charge in [0, 0.05) is 23.0 Å². The lowest BCUT2D eigenvalue weighted by Crippen LogP contribution is -2.42. The highest BCUT2D eigenvalue weighted by Gasteiger charge is 2.23. The van der Waals surface area contributed by atoms with Crippen LogP contribution in [0.4, 0.5) is 0 Å². The first kappa shape index (κ1) is 16.9. The number of rotatable bonds is 5. The van der Waals surface area contributed by atoms with Crippen LogP contribution in [0.3, 0.4) is 0 Å². The Morgan fingerprint density at radius 1 is 1.08 bits per heavy atom. The summed E-state index contributed by atoms with van der Waals surface area (Å²) in [5, 5.41) is 13.3. The highest BCUT2D eigenvalue weighted by molar-refractivity contribution is 6.31. The minimum Gasteiger partial charge on any atom is -0.480 e. The maximum absolute atomic E-state index is 12.6. The van der Waals surface area contributed by atoms with Crippen molar-refractivity contribution in [2.45, 2.75) is 12.5 Å². The molecule has 2 N–H and O–H groups in total. The standard InChI is InChI=1S/C19H15ClN2O3/c20-15-9-2-1-5-13(15)11-16(19(24)25)22-18(23)14-8-3-6-12-7-4-10-21-17(12)14/h1-10,16H,11H2,(H,22,23)(H,24,25)/t16-/m1/s1. The lowest BCUT2D eigenvalue weighted by atomic mass is 10.0. The van der Waals surface area contributed by atoms with Crippen LogP contribution in [0.1, 0.15) is 15.9 Å². The topological polar surface area (TPSA) is 79.3 Å². The largest absolute Gasteiger partial charge is 0.480 e. The number of carbonyl (C=O) groups is 2. The number of halogens is 1. The first-order chi connectivity index (χ1) is 12.1. The summed E-state index contributed by atoms with van der Waals surface area (Å²) in [5.74, 6) is -1.61. The van der Waals surface area contributed by atoms with Crippen molar-refractivity contribution in [3.05, 3.63) is 76.9 Å². The van der Waals surface area contributed by atoms with Crippen molar-refractivity contribution in [1.29, 1.82) is 0 Å². The normalized spacial score (nSPS) is 11.9. The number of hydrogen-bond acceptors (Lipinski definition) is 3. The van der Waals surface area contributed by atoms with Gasteiger partial charge in [-0.2, -0.15) is 0 Å². The van der Waals surface area contributed by atoms with E-state index in [0.717, 1.165) is 5.39 Å². The highest BCUT2D eigenvalue weighted by Crippen LogP contribution is 2.18. The molecule has 6 heteroatoms. The molecule has 25 heavy (non-hydrogen) atoms. The Morgan fingerprint density at radius 2 is 1.84 bits per heavy atom. The van der Waals surface area contributed by atoms with Gasteiger partial charge < -0.3 is 10.4 Å². The summed E-state index contributed by atoms with van der Waals surface area (Å²) in [6.45, 7) is 0. The van der Waals surface area contributed by atoms with E-state index in [4.69, 9.17) is 11.6 Å². The Kier molecular flexibility index (Phi) is 4.95. The summed E-state index contributed by atoms with van der Waals surface area (Å²) >= 11 is 6.09. The second kappa shape index (κ2) is 7.32. The van der Waals surface area contributed by atoms with Gasteiger partial charge >= 0.3 is 5.97 Å². The van der Waals surface area contributed by atoms with E-state index in [2.05, 4.69) is 10.3 Å². The number of nitrogens with zero attached hydrogens (tertiary/aromatic N) is 1. The molecule has 0 bridgehead atoms. The third-order valence-corrected chi connectivity index (χ3v) is 4.23. The van der Waals surface area contributed by atoms with Crippen LogP contribution < -0.4 is 5.32 Å². The molecule has 0 saturated carbocycles. The van der Waals surface area contributed by atoms with Crippen LogP contribution in [0.25, 0.3) is 10.9 Å². The summed E-state index contributed by atoms with van der Waals surface area (Å²) in [6.07, 6.45) is 1.69. The number of aromatic nitrogens is 1. The molecule has 5 nitrogen and oxygen atoms in total. The first-order valence-corrected chi connectivity index (χ1v) is 8.05. The molecule has 0 unspecified atom stereocenters. The fourth-order valence-electron chi connectivity index (χ4n) is 2.61. The Bertz CT molecular complexity index is 937. The summed E-state index contributed by atoms with van der Waals surface area (Å²) in [4.78, 5) is 28.4. The van der Waals surface area contributed by atoms with E-state index < -0.39 is 17.9 Å². The van der Waals surface area contributed by atoms with Crippen molar-refractivity contribution in [3.63, 3.8) is 0 Å². The monoisotopic (exact) mass is 354 g/mol. The number of carboxylic acids is 1. The van der Waals surface area contributed by atoms with Crippen LogP contribution in [-0.2, 0) is 11.2 Å². The molecule has 0 fully saturated rings. The van der Waals surface area contributed by atoms with Gasteiger partial charge in [0.1, 0.15) is 6.04 Å². The number of carboxylic acid groups (broad SMARTS) is 1. The molecule has 3 aromatic rings. The minimum atomic E-state index is -1.12. The fraction of sp³-hybridized carbons (Fsp3) is 0.105. The van der Waals surface area contributed by atoms with Crippen LogP contribution in [0, 0.1) is 0 Å². The van der Waals surface area contributed by atoms with Crippen molar-refractivity contribution in [3.8, 4) is 0 Å². The number of para-hydroxylation sites is 1. The summed E-state index contributed by atoms with van der Waals surface area (Å²) < 4.78 is 0. The fourth-order valence-corrected chi connectivity index (χ4v) is 2.82. The molecular weight excluding hydrogens is 340 g/mol. The molecular formula is C19H15ClN2O3. The van der Waals surface area contributed by atoms with E-state index in [-0.39, 0.29) is 6.42 Å². The summed E-state index contributed by atoms with van der Waals surface area (Å²) in [7, 11) is 0. The molecule has 3 rings (SSSR count). The average Bonchev–Trinajstić information content (AvgIpc) is 2.62. The van der Waals surface area contributed by atoms with Gasteiger partial charge in [-0.1, -0.05) is 48.0 Å². The quantitative estimate of drug-likeness (QED) is 0.736. The van der Waals surface area contributed by atoms with E-state index in [1.165, 1.54) is 0 Å².